The van der Waals surface area contributed by atoms with Crippen LogP contribution < -0.4 is 10.2 Å². The molecular formula is C15H24N2. The quantitative estimate of drug-likeness (QED) is 0.839. The van der Waals surface area contributed by atoms with E-state index in [2.05, 4.69) is 48.3 Å². The number of hydrogen-bond donors (Lipinski definition) is 1. The van der Waals surface area contributed by atoms with E-state index in [1.165, 1.54) is 37.3 Å². The van der Waals surface area contributed by atoms with Gasteiger partial charge in [-0.15, -0.1) is 0 Å². The Morgan fingerprint density at radius 1 is 1.24 bits per heavy atom. The highest BCUT2D eigenvalue weighted by Crippen LogP contribution is 2.23. The van der Waals surface area contributed by atoms with Crippen molar-refractivity contribution < 1.29 is 0 Å². The third-order valence-corrected chi connectivity index (χ3v) is 3.68. The zero-order valence-electron chi connectivity index (χ0n) is 11.1. The van der Waals surface area contributed by atoms with Gasteiger partial charge >= 0.3 is 0 Å². The highest BCUT2D eigenvalue weighted by molar-refractivity contribution is 5.48. The zero-order chi connectivity index (χ0) is 12.1. The molecule has 2 rings (SSSR count). The molecule has 1 unspecified atom stereocenters. The molecule has 1 aliphatic heterocycles. The first-order chi connectivity index (χ1) is 8.33. The molecular weight excluding hydrogens is 208 g/mol. The highest BCUT2D eigenvalue weighted by Gasteiger charge is 2.21. The summed E-state index contributed by atoms with van der Waals surface area (Å²) in [5.41, 5.74) is 2.82. The summed E-state index contributed by atoms with van der Waals surface area (Å²) in [7, 11) is 0. The molecule has 0 aliphatic carbocycles. The number of hydrogen-bond acceptors (Lipinski definition) is 2. The number of nitrogens with zero attached hydrogens (tertiary/aromatic N) is 1. The van der Waals surface area contributed by atoms with Gasteiger partial charge in [0.15, 0.2) is 0 Å². The predicted molar refractivity (Wildman–Crippen MR) is 74.7 cm³/mol. The van der Waals surface area contributed by atoms with Crippen LogP contribution in [0.4, 0.5) is 5.69 Å². The summed E-state index contributed by atoms with van der Waals surface area (Å²) in [6.45, 7) is 9.05. The summed E-state index contributed by atoms with van der Waals surface area (Å²) in [4.78, 5) is 2.52. The Morgan fingerprint density at radius 2 is 2.00 bits per heavy atom. The first-order valence-corrected chi connectivity index (χ1v) is 6.88. The first-order valence-electron chi connectivity index (χ1n) is 6.88. The topological polar surface area (TPSA) is 15.3 Å². The minimum atomic E-state index is 0.820. The average molecular weight is 232 g/mol. The number of rotatable bonds is 5. The maximum absolute atomic E-state index is 3.45. The molecule has 1 aliphatic rings. The fourth-order valence-corrected chi connectivity index (χ4v) is 2.52. The summed E-state index contributed by atoms with van der Waals surface area (Å²) in [5.74, 6) is 0.820. The van der Waals surface area contributed by atoms with Gasteiger partial charge < -0.3 is 10.2 Å². The van der Waals surface area contributed by atoms with E-state index in [9.17, 15) is 0 Å². The van der Waals surface area contributed by atoms with Crippen molar-refractivity contribution in [2.24, 2.45) is 5.92 Å². The molecule has 0 radical (unpaired) electrons. The molecule has 0 saturated carbocycles. The fraction of sp³-hybridized carbons (Fsp3) is 0.600. The smallest absolute Gasteiger partial charge is 0.0366 e. The first kappa shape index (κ1) is 12.4. The van der Waals surface area contributed by atoms with Gasteiger partial charge in [-0.2, -0.15) is 0 Å². The Morgan fingerprint density at radius 3 is 2.65 bits per heavy atom. The monoisotopic (exact) mass is 232 g/mol. The number of benzene rings is 1. The van der Waals surface area contributed by atoms with Gasteiger partial charge in [0.2, 0.25) is 0 Å². The zero-order valence-corrected chi connectivity index (χ0v) is 11.1. The Bertz CT molecular complexity index is 331. The van der Waals surface area contributed by atoms with Crippen molar-refractivity contribution in [3.63, 3.8) is 0 Å². The molecule has 0 bridgehead atoms. The second-order valence-electron chi connectivity index (χ2n) is 4.93. The van der Waals surface area contributed by atoms with Gasteiger partial charge in [-0.25, -0.2) is 0 Å². The van der Waals surface area contributed by atoms with Gasteiger partial charge in [0.1, 0.15) is 0 Å². The fourth-order valence-electron chi connectivity index (χ4n) is 2.52. The lowest BCUT2D eigenvalue weighted by Gasteiger charge is -2.19. The molecule has 1 atom stereocenters. The van der Waals surface area contributed by atoms with Crippen molar-refractivity contribution in [2.75, 3.05) is 31.1 Å². The van der Waals surface area contributed by atoms with Crippen LogP contribution >= 0.6 is 0 Å². The SMILES string of the molecule is CCNCC1CCN(c2ccc(CC)cc2)C1. The lowest BCUT2D eigenvalue weighted by Crippen LogP contribution is -2.26. The summed E-state index contributed by atoms with van der Waals surface area (Å²) >= 11 is 0. The molecule has 1 saturated heterocycles. The number of nitrogens with one attached hydrogen (secondary N) is 1. The second kappa shape index (κ2) is 6.06. The lowest BCUT2D eigenvalue weighted by molar-refractivity contribution is 0.528. The highest BCUT2D eigenvalue weighted by atomic mass is 15.2. The molecule has 0 aromatic heterocycles. The third kappa shape index (κ3) is 3.22. The second-order valence-corrected chi connectivity index (χ2v) is 4.93. The maximum atomic E-state index is 3.45. The molecule has 1 aromatic rings. The lowest BCUT2D eigenvalue weighted by atomic mass is 10.1. The van der Waals surface area contributed by atoms with E-state index in [4.69, 9.17) is 0 Å². The molecule has 1 N–H and O–H groups in total. The summed E-state index contributed by atoms with van der Waals surface area (Å²) in [5, 5.41) is 3.45. The van der Waals surface area contributed by atoms with Crippen molar-refractivity contribution in [2.45, 2.75) is 26.7 Å². The summed E-state index contributed by atoms with van der Waals surface area (Å²) in [6.07, 6.45) is 2.45. The van der Waals surface area contributed by atoms with Gasteiger partial charge in [0, 0.05) is 18.8 Å². The largest absolute Gasteiger partial charge is 0.371 e. The van der Waals surface area contributed by atoms with Gasteiger partial charge in [-0.1, -0.05) is 26.0 Å². The van der Waals surface area contributed by atoms with Crippen LogP contribution in [0.2, 0.25) is 0 Å². The number of anilines is 1. The minimum absolute atomic E-state index is 0.820. The molecule has 0 spiro atoms. The van der Waals surface area contributed by atoms with E-state index in [0.29, 0.717) is 0 Å². The van der Waals surface area contributed by atoms with Crippen LogP contribution in [-0.4, -0.2) is 26.2 Å². The van der Waals surface area contributed by atoms with Gasteiger partial charge in [-0.05, 0) is 49.5 Å². The van der Waals surface area contributed by atoms with Gasteiger partial charge in [0.25, 0.3) is 0 Å². The van der Waals surface area contributed by atoms with Crippen LogP contribution in [0.25, 0.3) is 0 Å². The Labute approximate surface area is 105 Å². The molecule has 1 heterocycles. The maximum Gasteiger partial charge on any atom is 0.0366 e. The van der Waals surface area contributed by atoms with E-state index < -0.39 is 0 Å². The van der Waals surface area contributed by atoms with Gasteiger partial charge in [0.05, 0.1) is 0 Å². The van der Waals surface area contributed by atoms with Crippen molar-refractivity contribution in [3.8, 4) is 0 Å². The average Bonchev–Trinajstić information content (AvgIpc) is 2.85. The molecule has 2 nitrogen and oxygen atoms in total. The van der Waals surface area contributed by atoms with Crippen molar-refractivity contribution in [3.05, 3.63) is 29.8 Å². The summed E-state index contributed by atoms with van der Waals surface area (Å²) in [6, 6.07) is 9.06. The van der Waals surface area contributed by atoms with Crippen LogP contribution in [0.3, 0.4) is 0 Å². The van der Waals surface area contributed by atoms with Crippen molar-refractivity contribution >= 4 is 5.69 Å². The normalized spacial score (nSPS) is 19.9. The molecule has 2 heteroatoms. The van der Waals surface area contributed by atoms with E-state index >= 15 is 0 Å². The Kier molecular flexibility index (Phi) is 4.43. The third-order valence-electron chi connectivity index (χ3n) is 3.68. The van der Waals surface area contributed by atoms with Crippen molar-refractivity contribution in [1.82, 2.24) is 5.32 Å². The van der Waals surface area contributed by atoms with Crippen LogP contribution in [0.15, 0.2) is 24.3 Å². The standard InChI is InChI=1S/C15H24N2/c1-3-13-5-7-15(8-6-13)17-10-9-14(12-17)11-16-4-2/h5-8,14,16H,3-4,9-12H2,1-2H3. The predicted octanol–water partition coefficient (Wildman–Crippen LogP) is 2.68. The van der Waals surface area contributed by atoms with Gasteiger partial charge in [-0.3, -0.25) is 0 Å². The number of aryl methyl sites for hydroxylation is 1. The van der Waals surface area contributed by atoms with Crippen LogP contribution in [-0.2, 0) is 6.42 Å². The molecule has 1 fully saturated rings. The minimum Gasteiger partial charge on any atom is -0.371 e. The van der Waals surface area contributed by atoms with E-state index in [1.807, 2.05) is 0 Å². The van der Waals surface area contributed by atoms with Crippen LogP contribution in [0.5, 0.6) is 0 Å². The molecule has 94 valence electrons. The van der Waals surface area contributed by atoms with Crippen LogP contribution in [0, 0.1) is 5.92 Å². The van der Waals surface area contributed by atoms with Crippen molar-refractivity contribution in [1.29, 1.82) is 0 Å². The molecule has 17 heavy (non-hydrogen) atoms. The molecule has 0 amide bonds. The van der Waals surface area contributed by atoms with E-state index in [-0.39, 0.29) is 0 Å². The summed E-state index contributed by atoms with van der Waals surface area (Å²) < 4.78 is 0. The Hall–Kier alpha value is -1.02. The van der Waals surface area contributed by atoms with Crippen LogP contribution in [0.1, 0.15) is 25.8 Å². The Balaban J connectivity index is 1.90. The van der Waals surface area contributed by atoms with E-state index in [1.54, 1.807) is 0 Å². The molecule has 1 aromatic carbocycles. The van der Waals surface area contributed by atoms with E-state index in [0.717, 1.165) is 18.9 Å².